The zero-order valence-corrected chi connectivity index (χ0v) is 16.9. The van der Waals surface area contributed by atoms with Crippen LogP contribution in [0.25, 0.3) is 0 Å². The summed E-state index contributed by atoms with van der Waals surface area (Å²) < 4.78 is 11.4. The van der Waals surface area contributed by atoms with E-state index in [1.54, 1.807) is 43.3 Å². The third-order valence-corrected chi connectivity index (χ3v) is 5.48. The molecule has 5 heteroatoms. The molecule has 1 saturated heterocycles. The van der Waals surface area contributed by atoms with Gasteiger partial charge in [0, 0.05) is 30.4 Å². The van der Waals surface area contributed by atoms with Crippen molar-refractivity contribution < 1.29 is 23.9 Å². The number of esters is 1. The highest BCUT2D eigenvalue weighted by atomic mass is 16.6. The van der Waals surface area contributed by atoms with Crippen molar-refractivity contribution in [2.24, 2.45) is 11.8 Å². The SMILES string of the molecule is CC(=O)OC(C)[C@@H]1O[C@@H](C)[C@H](CC(=O)c2ccccc2)[C@H]1C(=O)c1ccccc1. The fraction of sp³-hybridized carbons (Fsp3) is 0.375. The lowest BCUT2D eigenvalue weighted by Gasteiger charge is -2.26. The van der Waals surface area contributed by atoms with Crippen molar-refractivity contribution >= 4 is 17.5 Å². The second-order valence-corrected chi connectivity index (χ2v) is 7.53. The lowest BCUT2D eigenvalue weighted by molar-refractivity contribution is -0.153. The van der Waals surface area contributed by atoms with Crippen molar-refractivity contribution in [3.63, 3.8) is 0 Å². The number of carbonyl (C=O) groups is 3. The number of benzene rings is 2. The van der Waals surface area contributed by atoms with Gasteiger partial charge in [0.25, 0.3) is 0 Å². The van der Waals surface area contributed by atoms with Crippen molar-refractivity contribution in [3.8, 4) is 0 Å². The quantitative estimate of drug-likeness (QED) is 0.522. The number of ketones is 2. The molecule has 2 aromatic rings. The average Bonchev–Trinajstić information content (AvgIpc) is 3.04. The van der Waals surface area contributed by atoms with Crippen LogP contribution in [0.4, 0.5) is 0 Å². The monoisotopic (exact) mass is 394 g/mol. The first-order valence-corrected chi connectivity index (χ1v) is 9.88. The molecule has 3 rings (SSSR count). The third kappa shape index (κ3) is 4.80. The number of hydrogen-bond acceptors (Lipinski definition) is 5. The average molecular weight is 394 g/mol. The Balaban J connectivity index is 1.90. The minimum atomic E-state index is -0.602. The normalized spacial score (nSPS) is 24.7. The van der Waals surface area contributed by atoms with Gasteiger partial charge in [-0.15, -0.1) is 0 Å². The standard InChI is InChI=1S/C24H26O5/c1-15-20(14-21(26)18-10-6-4-7-11-18)22(23(27)19-12-8-5-9-13-19)24(29-15)16(2)28-17(3)25/h4-13,15-16,20,22,24H,14H2,1-3H3/t15-,16?,20-,22-,24-/m0/s1. The molecule has 1 heterocycles. The predicted octanol–water partition coefficient (Wildman–Crippen LogP) is 4.11. The highest BCUT2D eigenvalue weighted by Gasteiger charge is 2.49. The van der Waals surface area contributed by atoms with Crippen LogP contribution in [0.3, 0.4) is 0 Å². The van der Waals surface area contributed by atoms with Crippen LogP contribution >= 0.6 is 0 Å². The van der Waals surface area contributed by atoms with Crippen LogP contribution in [0.5, 0.6) is 0 Å². The Hall–Kier alpha value is -2.79. The van der Waals surface area contributed by atoms with E-state index in [9.17, 15) is 14.4 Å². The van der Waals surface area contributed by atoms with E-state index in [2.05, 4.69) is 0 Å². The minimum Gasteiger partial charge on any atom is -0.460 e. The van der Waals surface area contributed by atoms with Gasteiger partial charge in [0.1, 0.15) is 12.2 Å². The molecule has 0 N–H and O–H groups in total. The van der Waals surface area contributed by atoms with Gasteiger partial charge in [-0.25, -0.2) is 0 Å². The summed E-state index contributed by atoms with van der Waals surface area (Å²) in [6.45, 7) is 4.93. The lowest BCUT2D eigenvalue weighted by Crippen LogP contribution is -2.38. The molecular weight excluding hydrogens is 368 g/mol. The molecule has 0 bridgehead atoms. The fourth-order valence-electron chi connectivity index (χ4n) is 4.09. The van der Waals surface area contributed by atoms with E-state index in [1.807, 2.05) is 31.2 Å². The van der Waals surface area contributed by atoms with E-state index in [0.29, 0.717) is 11.1 Å². The van der Waals surface area contributed by atoms with Gasteiger partial charge < -0.3 is 9.47 Å². The molecule has 5 nitrogen and oxygen atoms in total. The second-order valence-electron chi connectivity index (χ2n) is 7.53. The van der Waals surface area contributed by atoms with E-state index in [1.165, 1.54) is 6.92 Å². The molecule has 1 aliphatic heterocycles. The summed E-state index contributed by atoms with van der Waals surface area (Å²) >= 11 is 0. The van der Waals surface area contributed by atoms with Gasteiger partial charge in [-0.2, -0.15) is 0 Å². The van der Waals surface area contributed by atoms with Gasteiger partial charge in [0.15, 0.2) is 11.6 Å². The van der Waals surface area contributed by atoms with Crippen LogP contribution in [0, 0.1) is 11.8 Å². The van der Waals surface area contributed by atoms with Crippen molar-refractivity contribution in [1.29, 1.82) is 0 Å². The first kappa shape index (κ1) is 20.9. The van der Waals surface area contributed by atoms with Crippen molar-refractivity contribution in [2.45, 2.75) is 45.5 Å². The summed E-state index contributed by atoms with van der Waals surface area (Å²) in [4.78, 5) is 37.7. The van der Waals surface area contributed by atoms with E-state index in [-0.39, 0.29) is 30.0 Å². The summed E-state index contributed by atoms with van der Waals surface area (Å²) in [7, 11) is 0. The van der Waals surface area contributed by atoms with Gasteiger partial charge in [-0.3, -0.25) is 14.4 Å². The van der Waals surface area contributed by atoms with Crippen LogP contribution in [0.15, 0.2) is 60.7 Å². The molecule has 0 spiro atoms. The molecule has 1 unspecified atom stereocenters. The largest absolute Gasteiger partial charge is 0.460 e. The summed E-state index contributed by atoms with van der Waals surface area (Å²) in [5, 5.41) is 0. The Labute approximate surface area is 171 Å². The Morgan fingerprint density at radius 3 is 2.07 bits per heavy atom. The maximum atomic E-state index is 13.4. The molecule has 29 heavy (non-hydrogen) atoms. The topological polar surface area (TPSA) is 69.7 Å². The van der Waals surface area contributed by atoms with Crippen LogP contribution < -0.4 is 0 Å². The Morgan fingerprint density at radius 2 is 1.52 bits per heavy atom. The van der Waals surface area contributed by atoms with Crippen molar-refractivity contribution in [3.05, 3.63) is 71.8 Å². The lowest BCUT2D eigenvalue weighted by atomic mass is 9.77. The van der Waals surface area contributed by atoms with Gasteiger partial charge in [-0.1, -0.05) is 60.7 Å². The van der Waals surface area contributed by atoms with Crippen LogP contribution in [0.1, 0.15) is 47.9 Å². The summed E-state index contributed by atoms with van der Waals surface area (Å²) in [5.41, 5.74) is 1.18. The van der Waals surface area contributed by atoms with E-state index in [4.69, 9.17) is 9.47 Å². The Morgan fingerprint density at radius 1 is 0.966 bits per heavy atom. The third-order valence-electron chi connectivity index (χ3n) is 5.48. The molecule has 0 aliphatic carbocycles. The summed E-state index contributed by atoms with van der Waals surface area (Å²) in [6, 6.07) is 18.0. The molecule has 2 aromatic carbocycles. The summed E-state index contributed by atoms with van der Waals surface area (Å²) in [6.07, 6.45) is -1.32. The number of ether oxygens (including phenoxy) is 2. The van der Waals surface area contributed by atoms with Crippen LogP contribution in [-0.2, 0) is 14.3 Å². The van der Waals surface area contributed by atoms with E-state index >= 15 is 0 Å². The van der Waals surface area contributed by atoms with Gasteiger partial charge in [0.05, 0.1) is 12.0 Å². The Kier molecular flexibility index (Phi) is 6.60. The molecule has 5 atom stereocenters. The van der Waals surface area contributed by atoms with Crippen LogP contribution in [0.2, 0.25) is 0 Å². The molecule has 0 amide bonds. The zero-order valence-electron chi connectivity index (χ0n) is 16.9. The number of carbonyl (C=O) groups excluding carboxylic acids is 3. The highest BCUT2D eigenvalue weighted by Crippen LogP contribution is 2.40. The first-order chi connectivity index (χ1) is 13.9. The maximum absolute atomic E-state index is 13.4. The molecule has 0 radical (unpaired) electrons. The molecular formula is C24H26O5. The van der Waals surface area contributed by atoms with E-state index < -0.39 is 24.1 Å². The number of Topliss-reactive ketones (excluding diaryl/α,β-unsaturated/α-hetero) is 2. The maximum Gasteiger partial charge on any atom is 0.302 e. The molecule has 1 fully saturated rings. The Bertz CT molecular complexity index is 861. The van der Waals surface area contributed by atoms with Crippen molar-refractivity contribution in [2.75, 3.05) is 0 Å². The zero-order chi connectivity index (χ0) is 21.0. The van der Waals surface area contributed by atoms with Gasteiger partial charge >= 0.3 is 5.97 Å². The molecule has 152 valence electrons. The first-order valence-electron chi connectivity index (χ1n) is 9.88. The van der Waals surface area contributed by atoms with Gasteiger partial charge in [-0.05, 0) is 13.8 Å². The van der Waals surface area contributed by atoms with Crippen molar-refractivity contribution in [1.82, 2.24) is 0 Å². The highest BCUT2D eigenvalue weighted by molar-refractivity contribution is 6.00. The smallest absolute Gasteiger partial charge is 0.302 e. The predicted molar refractivity (Wildman–Crippen MR) is 109 cm³/mol. The minimum absolute atomic E-state index is 0.0299. The molecule has 0 aromatic heterocycles. The molecule has 0 saturated carbocycles. The summed E-state index contributed by atoms with van der Waals surface area (Å²) in [5.74, 6) is -1.43. The number of hydrogen-bond donors (Lipinski definition) is 0. The van der Waals surface area contributed by atoms with E-state index in [0.717, 1.165) is 0 Å². The molecule has 1 aliphatic rings. The number of rotatable bonds is 7. The fourth-order valence-corrected chi connectivity index (χ4v) is 4.09. The van der Waals surface area contributed by atoms with Gasteiger partial charge in [0.2, 0.25) is 0 Å². The van der Waals surface area contributed by atoms with Crippen LogP contribution in [-0.4, -0.2) is 35.8 Å². The second kappa shape index (κ2) is 9.14.